The van der Waals surface area contributed by atoms with Crippen LogP contribution in [0.4, 0.5) is 5.69 Å². The molecule has 18 heavy (non-hydrogen) atoms. The van der Waals surface area contributed by atoms with Crippen molar-refractivity contribution in [3.05, 3.63) is 33.1 Å². The highest BCUT2D eigenvalue weighted by atomic mass is 35.5. The van der Waals surface area contributed by atoms with Crippen LogP contribution in [-0.4, -0.2) is 33.9 Å². The van der Waals surface area contributed by atoms with Gasteiger partial charge in [-0.1, -0.05) is 18.5 Å². The molecule has 1 N–H and O–H groups in total. The number of rotatable bonds is 5. The number of thioether (sulfide) groups is 1. The van der Waals surface area contributed by atoms with E-state index in [0.717, 1.165) is 12.3 Å². The minimum absolute atomic E-state index is 0.0131. The number of aromatic nitrogens is 1. The summed E-state index contributed by atoms with van der Waals surface area (Å²) in [6.07, 6.45) is 2.95. The molecular weight excluding hydrogens is 278 g/mol. The van der Waals surface area contributed by atoms with Gasteiger partial charge in [-0.2, -0.15) is 11.8 Å². The largest absolute Gasteiger partial charge is 0.351 e. The topological polar surface area (TPSA) is 85.1 Å². The van der Waals surface area contributed by atoms with E-state index < -0.39 is 10.8 Å². The molecule has 0 bridgehead atoms. The summed E-state index contributed by atoms with van der Waals surface area (Å²) in [4.78, 5) is 25.4. The number of nitro groups is 1. The van der Waals surface area contributed by atoms with E-state index in [1.54, 1.807) is 11.8 Å². The first-order valence-electron chi connectivity index (χ1n) is 5.06. The molecule has 6 nitrogen and oxygen atoms in total. The van der Waals surface area contributed by atoms with Crippen molar-refractivity contribution >= 4 is 35.0 Å². The summed E-state index contributed by atoms with van der Waals surface area (Å²) in [5, 5.41) is 13.4. The quantitative estimate of drug-likeness (QED) is 0.510. The SMILES string of the molecule is CSC(C)CNC(=O)c1cc([N+](=O)[O-])cnc1Cl. The van der Waals surface area contributed by atoms with Crippen LogP contribution in [0.25, 0.3) is 0 Å². The molecule has 0 saturated heterocycles. The van der Waals surface area contributed by atoms with E-state index >= 15 is 0 Å². The number of pyridine rings is 1. The van der Waals surface area contributed by atoms with Crippen LogP contribution in [-0.2, 0) is 0 Å². The monoisotopic (exact) mass is 289 g/mol. The molecule has 0 spiro atoms. The number of nitrogens with zero attached hydrogens (tertiary/aromatic N) is 2. The molecule has 1 amide bonds. The van der Waals surface area contributed by atoms with Crippen molar-refractivity contribution in [2.45, 2.75) is 12.2 Å². The van der Waals surface area contributed by atoms with Crippen LogP contribution in [0.5, 0.6) is 0 Å². The van der Waals surface area contributed by atoms with Gasteiger partial charge in [0, 0.05) is 17.9 Å². The summed E-state index contributed by atoms with van der Waals surface area (Å²) in [5.74, 6) is -0.461. The third-order valence-electron chi connectivity index (χ3n) is 2.23. The molecular formula is C10H12ClN3O3S. The Bertz CT molecular complexity index is 470. The predicted molar refractivity (Wildman–Crippen MR) is 71.2 cm³/mol. The fraction of sp³-hybridized carbons (Fsp3) is 0.400. The molecule has 0 aliphatic carbocycles. The van der Waals surface area contributed by atoms with Crippen molar-refractivity contribution < 1.29 is 9.72 Å². The third-order valence-corrected chi connectivity index (χ3v) is 3.51. The van der Waals surface area contributed by atoms with Gasteiger partial charge in [-0.05, 0) is 6.26 Å². The smallest absolute Gasteiger partial charge is 0.288 e. The number of halogens is 1. The average molecular weight is 290 g/mol. The van der Waals surface area contributed by atoms with Crippen LogP contribution in [0.2, 0.25) is 5.15 Å². The minimum Gasteiger partial charge on any atom is -0.351 e. The van der Waals surface area contributed by atoms with E-state index in [2.05, 4.69) is 10.3 Å². The summed E-state index contributed by atoms with van der Waals surface area (Å²) in [5.41, 5.74) is -0.248. The Morgan fingerprint density at radius 2 is 2.39 bits per heavy atom. The van der Waals surface area contributed by atoms with Crippen LogP contribution >= 0.6 is 23.4 Å². The van der Waals surface area contributed by atoms with Crippen LogP contribution in [0, 0.1) is 10.1 Å². The first-order chi connectivity index (χ1) is 8.45. The first kappa shape index (κ1) is 14.7. The number of carbonyl (C=O) groups excluding carboxylic acids is 1. The van der Waals surface area contributed by atoms with E-state index in [4.69, 9.17) is 11.6 Å². The van der Waals surface area contributed by atoms with Crippen molar-refractivity contribution in [3.63, 3.8) is 0 Å². The zero-order chi connectivity index (χ0) is 13.7. The zero-order valence-electron chi connectivity index (χ0n) is 9.84. The number of nitrogens with one attached hydrogen (secondary N) is 1. The number of carbonyl (C=O) groups is 1. The second kappa shape index (κ2) is 6.55. The van der Waals surface area contributed by atoms with Crippen molar-refractivity contribution in [1.82, 2.24) is 10.3 Å². The lowest BCUT2D eigenvalue weighted by molar-refractivity contribution is -0.385. The first-order valence-corrected chi connectivity index (χ1v) is 6.73. The van der Waals surface area contributed by atoms with E-state index in [1.165, 1.54) is 0 Å². The molecule has 1 atom stereocenters. The van der Waals surface area contributed by atoms with E-state index in [0.29, 0.717) is 6.54 Å². The second-order valence-corrected chi connectivity index (χ2v) is 5.18. The van der Waals surface area contributed by atoms with Gasteiger partial charge in [-0.3, -0.25) is 14.9 Å². The molecule has 8 heteroatoms. The van der Waals surface area contributed by atoms with Crippen LogP contribution in [0.15, 0.2) is 12.3 Å². The van der Waals surface area contributed by atoms with E-state index in [9.17, 15) is 14.9 Å². The van der Waals surface area contributed by atoms with Crippen molar-refractivity contribution in [3.8, 4) is 0 Å². The maximum absolute atomic E-state index is 11.8. The molecule has 0 fully saturated rings. The minimum atomic E-state index is -0.620. The molecule has 0 aromatic carbocycles. The van der Waals surface area contributed by atoms with Gasteiger partial charge >= 0.3 is 0 Å². The highest BCUT2D eigenvalue weighted by Gasteiger charge is 2.17. The summed E-state index contributed by atoms with van der Waals surface area (Å²) < 4.78 is 0. The maximum atomic E-state index is 11.8. The standard InChI is InChI=1S/C10H12ClN3O3S/c1-6(18-2)4-13-10(15)8-3-7(14(16)17)5-12-9(8)11/h3,5-6H,4H2,1-2H3,(H,13,15). The Labute approximate surface area is 113 Å². The maximum Gasteiger partial charge on any atom is 0.288 e. The van der Waals surface area contributed by atoms with Gasteiger partial charge in [-0.15, -0.1) is 0 Å². The van der Waals surface area contributed by atoms with Crippen LogP contribution in [0.1, 0.15) is 17.3 Å². The Morgan fingerprint density at radius 1 is 1.72 bits per heavy atom. The number of hydrogen-bond acceptors (Lipinski definition) is 5. The molecule has 0 saturated carbocycles. The lowest BCUT2D eigenvalue weighted by atomic mass is 10.2. The fourth-order valence-electron chi connectivity index (χ4n) is 1.11. The van der Waals surface area contributed by atoms with Gasteiger partial charge in [0.1, 0.15) is 11.3 Å². The van der Waals surface area contributed by atoms with Gasteiger partial charge in [0.25, 0.3) is 11.6 Å². The van der Waals surface area contributed by atoms with Crippen LogP contribution < -0.4 is 5.32 Å². The lowest BCUT2D eigenvalue weighted by Crippen LogP contribution is -2.29. The van der Waals surface area contributed by atoms with Crippen molar-refractivity contribution in [2.75, 3.05) is 12.8 Å². The molecule has 1 aromatic rings. The van der Waals surface area contributed by atoms with Gasteiger partial charge in [0.2, 0.25) is 0 Å². The van der Waals surface area contributed by atoms with Crippen molar-refractivity contribution in [1.29, 1.82) is 0 Å². The Morgan fingerprint density at radius 3 is 2.94 bits per heavy atom. The highest BCUT2D eigenvalue weighted by Crippen LogP contribution is 2.19. The van der Waals surface area contributed by atoms with Crippen LogP contribution in [0.3, 0.4) is 0 Å². The molecule has 98 valence electrons. The number of hydrogen-bond donors (Lipinski definition) is 1. The van der Waals surface area contributed by atoms with Crippen molar-refractivity contribution in [2.24, 2.45) is 0 Å². The van der Waals surface area contributed by atoms with Gasteiger partial charge < -0.3 is 5.32 Å². The van der Waals surface area contributed by atoms with Gasteiger partial charge in [0.05, 0.1) is 10.5 Å². The van der Waals surface area contributed by atoms with E-state index in [-0.39, 0.29) is 21.7 Å². The Balaban J connectivity index is 2.84. The third kappa shape index (κ3) is 3.85. The second-order valence-electron chi connectivity index (χ2n) is 3.55. The highest BCUT2D eigenvalue weighted by molar-refractivity contribution is 7.99. The molecule has 1 aromatic heterocycles. The fourth-order valence-corrected chi connectivity index (χ4v) is 1.55. The molecule has 0 aliphatic heterocycles. The summed E-state index contributed by atoms with van der Waals surface area (Å²) in [6.45, 7) is 2.41. The Hall–Kier alpha value is -1.34. The molecule has 0 aliphatic rings. The predicted octanol–water partition coefficient (Wildman–Crippen LogP) is 2.12. The normalized spacial score (nSPS) is 11.9. The molecule has 1 heterocycles. The average Bonchev–Trinajstić information content (AvgIpc) is 2.35. The lowest BCUT2D eigenvalue weighted by Gasteiger charge is -2.10. The molecule has 1 unspecified atom stereocenters. The summed E-state index contributed by atoms with van der Waals surface area (Å²) in [7, 11) is 0. The molecule has 0 radical (unpaired) electrons. The van der Waals surface area contributed by atoms with E-state index in [1.807, 2.05) is 13.2 Å². The zero-order valence-corrected chi connectivity index (χ0v) is 11.4. The van der Waals surface area contributed by atoms with Gasteiger partial charge in [-0.25, -0.2) is 4.98 Å². The summed E-state index contributed by atoms with van der Waals surface area (Å²) >= 11 is 7.35. The van der Waals surface area contributed by atoms with Gasteiger partial charge in [0.15, 0.2) is 0 Å². The number of amides is 1. The Kier molecular flexibility index (Phi) is 5.36. The molecule has 1 rings (SSSR count). The summed E-state index contributed by atoms with van der Waals surface area (Å²) in [6, 6.07) is 1.12.